The van der Waals surface area contributed by atoms with Crippen LogP contribution in [0.25, 0.3) is 0 Å². The molecule has 3 rings (SSSR count). The molecule has 26 heavy (non-hydrogen) atoms. The molecule has 5 nitrogen and oxygen atoms in total. The third-order valence-corrected chi connectivity index (χ3v) is 6.06. The van der Waals surface area contributed by atoms with Gasteiger partial charge in [0.15, 0.2) is 0 Å². The average molecular weight is 373 g/mol. The minimum atomic E-state index is 0.0150. The van der Waals surface area contributed by atoms with Crippen LogP contribution in [-0.2, 0) is 6.42 Å². The van der Waals surface area contributed by atoms with E-state index in [9.17, 15) is 4.79 Å². The highest BCUT2D eigenvalue weighted by Crippen LogP contribution is 2.24. The second-order valence-corrected chi connectivity index (χ2v) is 8.10. The molecule has 1 N–H and O–H groups in total. The van der Waals surface area contributed by atoms with Gasteiger partial charge in [-0.3, -0.25) is 0 Å². The Balaban J connectivity index is 1.41. The molecule has 140 valence electrons. The Morgan fingerprint density at radius 2 is 2.27 bits per heavy atom. The minimum absolute atomic E-state index is 0.0150. The molecular weight excluding hydrogens is 344 g/mol. The van der Waals surface area contributed by atoms with E-state index < -0.39 is 0 Å². The van der Waals surface area contributed by atoms with E-state index in [1.807, 2.05) is 19.5 Å². The Labute approximate surface area is 160 Å². The van der Waals surface area contributed by atoms with Crippen molar-refractivity contribution in [1.82, 2.24) is 15.2 Å². The summed E-state index contributed by atoms with van der Waals surface area (Å²) in [6, 6.07) is 8.65. The van der Waals surface area contributed by atoms with Gasteiger partial charge in [0.1, 0.15) is 0 Å². The van der Waals surface area contributed by atoms with Crippen LogP contribution < -0.4 is 10.2 Å². The number of thiazole rings is 1. The fourth-order valence-electron chi connectivity index (χ4n) is 3.36. The maximum Gasteiger partial charge on any atom is 0.317 e. The molecule has 2 heterocycles. The van der Waals surface area contributed by atoms with Crippen LogP contribution in [0, 0.1) is 19.8 Å². The molecule has 0 bridgehead atoms. The SMILES string of the molecule is Cc1cccc(N2CC[C@H](CNC(=O)N(C)CCc3scnc3C)C2)c1. The lowest BCUT2D eigenvalue weighted by atomic mass is 10.1. The first-order chi connectivity index (χ1) is 12.5. The summed E-state index contributed by atoms with van der Waals surface area (Å²) in [5.74, 6) is 0.511. The van der Waals surface area contributed by atoms with Gasteiger partial charge in [0.2, 0.25) is 0 Å². The quantitative estimate of drug-likeness (QED) is 0.845. The number of carbonyl (C=O) groups excluding carboxylic acids is 1. The zero-order valence-electron chi connectivity index (χ0n) is 15.9. The number of carbonyl (C=O) groups is 1. The van der Waals surface area contributed by atoms with Gasteiger partial charge in [-0.05, 0) is 43.9 Å². The average Bonchev–Trinajstić information content (AvgIpc) is 3.26. The molecule has 1 saturated heterocycles. The van der Waals surface area contributed by atoms with Crippen molar-refractivity contribution in [3.8, 4) is 0 Å². The minimum Gasteiger partial charge on any atom is -0.371 e. The molecule has 1 fully saturated rings. The number of hydrogen-bond donors (Lipinski definition) is 1. The largest absolute Gasteiger partial charge is 0.371 e. The third kappa shape index (κ3) is 4.75. The van der Waals surface area contributed by atoms with Crippen molar-refractivity contribution in [3.05, 3.63) is 45.9 Å². The Kier molecular flexibility index (Phi) is 6.14. The Morgan fingerprint density at radius 3 is 3.00 bits per heavy atom. The number of hydrogen-bond acceptors (Lipinski definition) is 4. The van der Waals surface area contributed by atoms with Crippen LogP contribution in [0.3, 0.4) is 0 Å². The monoisotopic (exact) mass is 372 g/mol. The lowest BCUT2D eigenvalue weighted by Crippen LogP contribution is -2.40. The Hall–Kier alpha value is -2.08. The van der Waals surface area contributed by atoms with Gasteiger partial charge in [-0.2, -0.15) is 0 Å². The molecule has 1 aliphatic heterocycles. The van der Waals surface area contributed by atoms with E-state index in [1.165, 1.54) is 16.1 Å². The van der Waals surface area contributed by atoms with E-state index in [0.717, 1.165) is 44.7 Å². The van der Waals surface area contributed by atoms with Crippen LogP contribution in [-0.4, -0.2) is 49.1 Å². The van der Waals surface area contributed by atoms with E-state index >= 15 is 0 Å². The van der Waals surface area contributed by atoms with Crippen molar-refractivity contribution in [1.29, 1.82) is 0 Å². The number of urea groups is 1. The zero-order valence-corrected chi connectivity index (χ0v) is 16.7. The molecule has 6 heteroatoms. The number of aromatic nitrogens is 1. The number of aryl methyl sites for hydroxylation is 2. The van der Waals surface area contributed by atoms with Crippen molar-refractivity contribution in [2.45, 2.75) is 26.7 Å². The summed E-state index contributed by atoms with van der Waals surface area (Å²) >= 11 is 1.66. The number of amides is 2. The smallest absolute Gasteiger partial charge is 0.317 e. The predicted octanol–water partition coefficient (Wildman–Crippen LogP) is 3.47. The fraction of sp³-hybridized carbons (Fsp3) is 0.500. The Morgan fingerprint density at radius 1 is 1.42 bits per heavy atom. The molecule has 2 amide bonds. The van der Waals surface area contributed by atoms with Crippen LogP contribution in [0.4, 0.5) is 10.5 Å². The van der Waals surface area contributed by atoms with Crippen molar-refractivity contribution in [3.63, 3.8) is 0 Å². The molecule has 1 atom stereocenters. The van der Waals surface area contributed by atoms with Crippen molar-refractivity contribution in [2.75, 3.05) is 38.1 Å². The topological polar surface area (TPSA) is 48.5 Å². The van der Waals surface area contributed by atoms with E-state index in [-0.39, 0.29) is 6.03 Å². The van der Waals surface area contributed by atoms with Gasteiger partial charge in [-0.1, -0.05) is 12.1 Å². The van der Waals surface area contributed by atoms with Crippen molar-refractivity contribution in [2.24, 2.45) is 5.92 Å². The third-order valence-electron chi connectivity index (χ3n) is 5.06. The molecule has 0 radical (unpaired) electrons. The van der Waals surface area contributed by atoms with E-state index in [1.54, 1.807) is 16.2 Å². The lowest BCUT2D eigenvalue weighted by molar-refractivity contribution is 0.208. The second kappa shape index (κ2) is 8.54. The lowest BCUT2D eigenvalue weighted by Gasteiger charge is -2.21. The molecule has 0 unspecified atom stereocenters. The highest BCUT2D eigenvalue weighted by molar-refractivity contribution is 7.09. The van der Waals surface area contributed by atoms with Crippen LogP contribution >= 0.6 is 11.3 Å². The number of nitrogens with one attached hydrogen (secondary N) is 1. The molecular formula is C20H28N4OS. The first-order valence-corrected chi connectivity index (χ1v) is 10.1. The first kappa shape index (κ1) is 18.7. The molecule has 0 saturated carbocycles. The summed E-state index contributed by atoms with van der Waals surface area (Å²) < 4.78 is 0. The van der Waals surface area contributed by atoms with Gasteiger partial charge in [-0.15, -0.1) is 11.3 Å². The summed E-state index contributed by atoms with van der Waals surface area (Å²) in [5.41, 5.74) is 5.52. The van der Waals surface area contributed by atoms with Crippen LogP contribution in [0.5, 0.6) is 0 Å². The number of benzene rings is 1. The van der Waals surface area contributed by atoms with Gasteiger partial charge in [0, 0.05) is 50.2 Å². The van der Waals surface area contributed by atoms with Crippen LogP contribution in [0.2, 0.25) is 0 Å². The zero-order chi connectivity index (χ0) is 18.5. The highest BCUT2D eigenvalue weighted by Gasteiger charge is 2.23. The summed E-state index contributed by atoms with van der Waals surface area (Å²) in [6.45, 7) is 7.67. The highest BCUT2D eigenvalue weighted by atomic mass is 32.1. The van der Waals surface area contributed by atoms with Gasteiger partial charge < -0.3 is 15.1 Å². The summed E-state index contributed by atoms with van der Waals surface area (Å²) in [4.78, 5) is 22.0. The van der Waals surface area contributed by atoms with E-state index in [0.29, 0.717) is 5.92 Å². The molecule has 1 aromatic carbocycles. The maximum absolute atomic E-state index is 12.3. The van der Waals surface area contributed by atoms with E-state index in [4.69, 9.17) is 0 Å². The predicted molar refractivity (Wildman–Crippen MR) is 108 cm³/mol. The number of likely N-dealkylation sites (N-methyl/N-ethyl adjacent to an activating group) is 1. The maximum atomic E-state index is 12.3. The summed E-state index contributed by atoms with van der Waals surface area (Å²) in [6.07, 6.45) is 1.99. The normalized spacial score (nSPS) is 16.7. The summed E-state index contributed by atoms with van der Waals surface area (Å²) in [5, 5.41) is 3.10. The van der Waals surface area contributed by atoms with E-state index in [2.05, 4.69) is 46.4 Å². The second-order valence-electron chi connectivity index (χ2n) is 7.16. The standard InChI is InChI=1S/C20H28N4OS/c1-15-5-4-6-18(11-15)24-10-7-17(13-24)12-21-20(25)23(3)9-8-19-16(2)22-14-26-19/h4-6,11,14,17H,7-10,12-13H2,1-3H3,(H,21,25)/t17-/m1/s1. The Bertz CT molecular complexity index is 745. The number of rotatable bonds is 6. The summed E-state index contributed by atoms with van der Waals surface area (Å²) in [7, 11) is 1.86. The number of nitrogens with zero attached hydrogens (tertiary/aromatic N) is 3. The van der Waals surface area contributed by atoms with Gasteiger partial charge in [-0.25, -0.2) is 9.78 Å². The first-order valence-electron chi connectivity index (χ1n) is 9.22. The van der Waals surface area contributed by atoms with Gasteiger partial charge >= 0.3 is 6.03 Å². The van der Waals surface area contributed by atoms with Gasteiger partial charge in [0.25, 0.3) is 0 Å². The van der Waals surface area contributed by atoms with Crippen molar-refractivity contribution >= 4 is 23.1 Å². The van der Waals surface area contributed by atoms with Crippen LogP contribution in [0.1, 0.15) is 22.6 Å². The molecule has 2 aromatic rings. The fourth-order valence-corrected chi connectivity index (χ4v) is 4.13. The van der Waals surface area contributed by atoms with Crippen LogP contribution in [0.15, 0.2) is 29.8 Å². The number of anilines is 1. The van der Waals surface area contributed by atoms with Crippen molar-refractivity contribution < 1.29 is 4.79 Å². The van der Waals surface area contributed by atoms with Gasteiger partial charge in [0.05, 0.1) is 11.2 Å². The molecule has 0 spiro atoms. The molecule has 1 aromatic heterocycles. The molecule has 1 aliphatic rings. The molecule has 0 aliphatic carbocycles.